The Bertz CT molecular complexity index is 1070. The Balaban J connectivity index is 1.60. The van der Waals surface area contributed by atoms with Crippen LogP contribution >= 0.6 is 0 Å². The molecule has 29 heavy (non-hydrogen) atoms. The number of furan rings is 1. The molecule has 2 aromatic heterocycles. The zero-order chi connectivity index (χ0) is 20.4. The lowest BCUT2D eigenvalue weighted by molar-refractivity contribution is 0.346. The van der Waals surface area contributed by atoms with Gasteiger partial charge in [-0.1, -0.05) is 6.42 Å². The van der Waals surface area contributed by atoms with Gasteiger partial charge in [-0.25, -0.2) is 13.4 Å². The zero-order valence-corrected chi connectivity index (χ0v) is 17.8. The predicted octanol–water partition coefficient (Wildman–Crippen LogP) is 3.67. The maximum absolute atomic E-state index is 13.0. The van der Waals surface area contributed by atoms with E-state index in [1.54, 1.807) is 22.7 Å². The van der Waals surface area contributed by atoms with Gasteiger partial charge in [0, 0.05) is 19.6 Å². The molecule has 7 nitrogen and oxygen atoms in total. The summed E-state index contributed by atoms with van der Waals surface area (Å²) in [6, 6.07) is 9.18. The number of sulfonamides is 1. The van der Waals surface area contributed by atoms with Crippen LogP contribution in [-0.2, 0) is 23.1 Å². The summed E-state index contributed by atoms with van der Waals surface area (Å²) >= 11 is 0. The van der Waals surface area contributed by atoms with Crippen molar-refractivity contribution < 1.29 is 12.8 Å². The summed E-state index contributed by atoms with van der Waals surface area (Å²) in [7, 11) is -3.46. The normalized spacial score (nSPS) is 17.0. The lowest BCUT2D eigenvalue weighted by Gasteiger charge is -2.25. The standard InChI is InChI=1S/C21H28N4O3S/c1-3-25-19-10-9-17(29(26,27)24-11-5-4-6-12-24)14-18(19)23-21(25)15-22-16(2)20-8-7-13-28-20/h7-10,13-14,16,22H,3-6,11-12,15H2,1-2H3/t16-/m1/s1. The Morgan fingerprint density at radius 1 is 1.21 bits per heavy atom. The Morgan fingerprint density at radius 3 is 2.69 bits per heavy atom. The van der Waals surface area contributed by atoms with E-state index in [9.17, 15) is 8.42 Å². The van der Waals surface area contributed by atoms with E-state index in [1.165, 1.54) is 0 Å². The molecule has 0 aliphatic carbocycles. The molecule has 0 amide bonds. The lowest BCUT2D eigenvalue weighted by atomic mass is 10.2. The Hall–Kier alpha value is -2.16. The van der Waals surface area contributed by atoms with E-state index in [1.807, 2.05) is 25.1 Å². The van der Waals surface area contributed by atoms with Crippen molar-refractivity contribution in [3.63, 3.8) is 0 Å². The summed E-state index contributed by atoms with van der Waals surface area (Å²) in [5, 5.41) is 3.43. The third-order valence-corrected chi connectivity index (χ3v) is 7.50. The summed E-state index contributed by atoms with van der Waals surface area (Å²) in [5.74, 6) is 1.76. The van der Waals surface area contributed by atoms with Gasteiger partial charge in [0.05, 0.1) is 34.8 Å². The molecule has 3 aromatic rings. The van der Waals surface area contributed by atoms with Gasteiger partial charge in [0.2, 0.25) is 10.0 Å². The van der Waals surface area contributed by atoms with Crippen molar-refractivity contribution in [2.24, 2.45) is 0 Å². The molecule has 1 aliphatic rings. The first-order valence-corrected chi connectivity index (χ1v) is 11.7. The Kier molecular flexibility index (Phi) is 5.76. The molecule has 4 rings (SSSR count). The monoisotopic (exact) mass is 416 g/mol. The van der Waals surface area contributed by atoms with Crippen molar-refractivity contribution in [2.75, 3.05) is 13.1 Å². The van der Waals surface area contributed by atoms with Gasteiger partial charge in [0.25, 0.3) is 0 Å². The molecule has 1 atom stereocenters. The topological polar surface area (TPSA) is 80.4 Å². The first-order valence-electron chi connectivity index (χ1n) is 10.3. The average Bonchev–Trinajstić information content (AvgIpc) is 3.39. The number of nitrogens with one attached hydrogen (secondary N) is 1. The largest absolute Gasteiger partial charge is 0.468 e. The van der Waals surface area contributed by atoms with E-state index in [0.29, 0.717) is 30.0 Å². The van der Waals surface area contributed by atoms with Gasteiger partial charge in [-0.15, -0.1) is 0 Å². The third kappa shape index (κ3) is 3.97. The minimum absolute atomic E-state index is 0.0603. The maximum atomic E-state index is 13.0. The SMILES string of the molecule is CCn1c(CN[C@H](C)c2ccco2)nc2cc(S(=O)(=O)N3CCCCC3)ccc21. The molecule has 0 bridgehead atoms. The number of rotatable bonds is 7. The highest BCUT2D eigenvalue weighted by atomic mass is 32.2. The molecule has 1 saturated heterocycles. The van der Waals surface area contributed by atoms with Gasteiger partial charge in [-0.3, -0.25) is 0 Å². The number of piperidine rings is 1. The van der Waals surface area contributed by atoms with E-state index < -0.39 is 10.0 Å². The van der Waals surface area contributed by atoms with E-state index in [-0.39, 0.29) is 6.04 Å². The Labute approximate surface area is 171 Å². The number of aromatic nitrogens is 2. The predicted molar refractivity (Wildman–Crippen MR) is 112 cm³/mol. The minimum Gasteiger partial charge on any atom is -0.468 e. The summed E-state index contributed by atoms with van der Waals surface area (Å²) in [6.45, 7) is 6.65. The van der Waals surface area contributed by atoms with E-state index in [2.05, 4.69) is 16.8 Å². The van der Waals surface area contributed by atoms with Crippen LogP contribution in [-0.4, -0.2) is 35.4 Å². The fourth-order valence-electron chi connectivity index (χ4n) is 3.94. The maximum Gasteiger partial charge on any atom is 0.243 e. The number of nitrogens with zero attached hydrogens (tertiary/aromatic N) is 3. The summed E-state index contributed by atoms with van der Waals surface area (Å²) < 4.78 is 35.2. The third-order valence-electron chi connectivity index (χ3n) is 5.60. The van der Waals surface area contributed by atoms with Gasteiger partial charge in [0.1, 0.15) is 11.6 Å². The van der Waals surface area contributed by atoms with Crippen molar-refractivity contribution in [3.05, 3.63) is 48.2 Å². The summed E-state index contributed by atoms with van der Waals surface area (Å²) in [5.41, 5.74) is 1.67. The van der Waals surface area contributed by atoms with Crippen molar-refractivity contribution in [1.82, 2.24) is 19.2 Å². The molecule has 0 saturated carbocycles. The zero-order valence-electron chi connectivity index (χ0n) is 17.0. The Morgan fingerprint density at radius 2 is 2.00 bits per heavy atom. The van der Waals surface area contributed by atoms with E-state index in [4.69, 9.17) is 9.40 Å². The van der Waals surface area contributed by atoms with Crippen LogP contribution in [0.15, 0.2) is 45.9 Å². The number of imidazole rings is 1. The second-order valence-corrected chi connectivity index (χ2v) is 9.44. The first-order chi connectivity index (χ1) is 14.0. The number of fused-ring (bicyclic) bond motifs is 1. The second-order valence-electron chi connectivity index (χ2n) is 7.51. The molecule has 1 aromatic carbocycles. The van der Waals surface area contributed by atoms with Gasteiger partial charge in [-0.05, 0) is 57.0 Å². The van der Waals surface area contributed by atoms with Crippen molar-refractivity contribution in [2.45, 2.75) is 57.1 Å². The van der Waals surface area contributed by atoms with Crippen molar-refractivity contribution >= 4 is 21.1 Å². The van der Waals surface area contributed by atoms with Crippen molar-refractivity contribution in [1.29, 1.82) is 0 Å². The fraction of sp³-hybridized carbons (Fsp3) is 0.476. The number of aryl methyl sites for hydroxylation is 1. The van der Waals surface area contributed by atoms with Gasteiger partial charge in [0.15, 0.2) is 0 Å². The molecule has 1 aliphatic heterocycles. The molecule has 0 radical (unpaired) electrons. The molecule has 0 unspecified atom stereocenters. The molecule has 156 valence electrons. The highest BCUT2D eigenvalue weighted by Gasteiger charge is 2.26. The molecule has 1 N–H and O–H groups in total. The van der Waals surface area contributed by atoms with Gasteiger partial charge in [-0.2, -0.15) is 4.31 Å². The van der Waals surface area contributed by atoms with Gasteiger partial charge < -0.3 is 14.3 Å². The highest BCUT2D eigenvalue weighted by molar-refractivity contribution is 7.89. The molecule has 8 heteroatoms. The minimum atomic E-state index is -3.46. The van der Waals surface area contributed by atoms with Crippen molar-refractivity contribution in [3.8, 4) is 0 Å². The van der Waals surface area contributed by atoms with Crippen LogP contribution in [0.25, 0.3) is 11.0 Å². The molecule has 0 spiro atoms. The van der Waals surface area contributed by atoms with Crippen LogP contribution in [0.2, 0.25) is 0 Å². The number of benzene rings is 1. The van der Waals surface area contributed by atoms with Crippen LogP contribution < -0.4 is 5.32 Å². The van der Waals surface area contributed by atoms with Crippen LogP contribution in [0.4, 0.5) is 0 Å². The molecule has 3 heterocycles. The molecular weight excluding hydrogens is 388 g/mol. The highest BCUT2D eigenvalue weighted by Crippen LogP contribution is 2.25. The first kappa shape index (κ1) is 20.1. The quantitative estimate of drug-likeness (QED) is 0.636. The van der Waals surface area contributed by atoms with Crippen LogP contribution in [0.3, 0.4) is 0 Å². The molecule has 1 fully saturated rings. The van der Waals surface area contributed by atoms with Crippen LogP contribution in [0, 0.1) is 0 Å². The molecular formula is C21H28N4O3S. The summed E-state index contributed by atoms with van der Waals surface area (Å²) in [6.07, 6.45) is 4.61. The van der Waals surface area contributed by atoms with E-state index >= 15 is 0 Å². The number of hydrogen-bond acceptors (Lipinski definition) is 5. The van der Waals surface area contributed by atoms with E-state index in [0.717, 1.165) is 42.9 Å². The average molecular weight is 417 g/mol. The number of hydrogen-bond donors (Lipinski definition) is 1. The van der Waals surface area contributed by atoms with Crippen LogP contribution in [0.1, 0.15) is 50.7 Å². The lowest BCUT2D eigenvalue weighted by Crippen LogP contribution is -2.35. The second kappa shape index (κ2) is 8.30. The smallest absolute Gasteiger partial charge is 0.243 e. The summed E-state index contributed by atoms with van der Waals surface area (Å²) in [4.78, 5) is 5.07. The van der Waals surface area contributed by atoms with Crippen LogP contribution in [0.5, 0.6) is 0 Å². The van der Waals surface area contributed by atoms with Gasteiger partial charge >= 0.3 is 0 Å². The fourth-order valence-corrected chi connectivity index (χ4v) is 5.48.